The second-order valence-electron chi connectivity index (χ2n) is 6.16. The number of rotatable bonds is 6. The van der Waals surface area contributed by atoms with E-state index in [1.54, 1.807) is 16.7 Å². The number of hydrogen-bond donors (Lipinski definition) is 1. The number of benzene rings is 1. The van der Waals surface area contributed by atoms with Crippen LogP contribution in [0.15, 0.2) is 29.2 Å². The lowest BCUT2D eigenvalue weighted by Gasteiger charge is -2.24. The maximum atomic E-state index is 12.8. The summed E-state index contributed by atoms with van der Waals surface area (Å²) < 4.78 is 5.08. The van der Waals surface area contributed by atoms with E-state index in [0.29, 0.717) is 23.8 Å². The van der Waals surface area contributed by atoms with E-state index < -0.39 is 11.4 Å². The monoisotopic (exact) mass is 337 g/mol. The highest BCUT2D eigenvalue weighted by atomic mass is 32.2. The van der Waals surface area contributed by atoms with Crippen LogP contribution in [0, 0.1) is 5.41 Å². The number of ether oxygens (including phenoxy) is 1. The molecule has 1 saturated heterocycles. The highest BCUT2D eigenvalue weighted by molar-refractivity contribution is 8.00. The van der Waals surface area contributed by atoms with E-state index in [4.69, 9.17) is 4.74 Å². The third kappa shape index (κ3) is 3.87. The fraction of sp³-hybridized carbons (Fsp3) is 0.529. The van der Waals surface area contributed by atoms with Gasteiger partial charge < -0.3 is 14.7 Å². The van der Waals surface area contributed by atoms with Crippen LogP contribution in [0.4, 0.5) is 0 Å². The van der Waals surface area contributed by atoms with Crippen LogP contribution in [-0.2, 0) is 9.53 Å². The molecule has 23 heavy (non-hydrogen) atoms. The lowest BCUT2D eigenvalue weighted by atomic mass is 9.88. The largest absolute Gasteiger partial charge is 0.481 e. The van der Waals surface area contributed by atoms with Crippen molar-refractivity contribution in [1.29, 1.82) is 0 Å². The van der Waals surface area contributed by atoms with Gasteiger partial charge in [-0.25, -0.2) is 0 Å². The molecule has 2 rings (SSSR count). The number of nitrogens with zero attached hydrogens (tertiary/aromatic N) is 1. The quantitative estimate of drug-likeness (QED) is 0.809. The molecule has 1 atom stereocenters. The molecule has 1 N–H and O–H groups in total. The number of hydrogen-bond acceptors (Lipinski definition) is 4. The van der Waals surface area contributed by atoms with Crippen molar-refractivity contribution in [1.82, 2.24) is 4.90 Å². The van der Waals surface area contributed by atoms with Gasteiger partial charge in [0.15, 0.2) is 0 Å². The van der Waals surface area contributed by atoms with Crippen LogP contribution in [0.3, 0.4) is 0 Å². The van der Waals surface area contributed by atoms with Gasteiger partial charge in [0.05, 0.1) is 12.2 Å². The third-order valence-electron chi connectivity index (χ3n) is 4.00. The summed E-state index contributed by atoms with van der Waals surface area (Å²) in [5.74, 6) is -1.01. The van der Waals surface area contributed by atoms with Crippen LogP contribution < -0.4 is 0 Å². The van der Waals surface area contributed by atoms with Crippen LogP contribution in [0.2, 0.25) is 0 Å². The Morgan fingerprint density at radius 2 is 2.09 bits per heavy atom. The molecule has 126 valence electrons. The van der Waals surface area contributed by atoms with Gasteiger partial charge in [0, 0.05) is 30.3 Å². The Morgan fingerprint density at radius 3 is 2.70 bits per heavy atom. The van der Waals surface area contributed by atoms with Gasteiger partial charge in [-0.05, 0) is 18.6 Å². The molecule has 6 heteroatoms. The van der Waals surface area contributed by atoms with E-state index in [9.17, 15) is 14.7 Å². The Labute approximate surface area is 141 Å². The zero-order chi connectivity index (χ0) is 17.0. The Bertz CT molecular complexity index is 590. The molecule has 0 bridgehead atoms. The summed E-state index contributed by atoms with van der Waals surface area (Å²) in [6.07, 6.45) is 0.418. The highest BCUT2D eigenvalue weighted by Crippen LogP contribution is 2.34. The van der Waals surface area contributed by atoms with Crippen molar-refractivity contribution in [2.75, 3.05) is 26.8 Å². The summed E-state index contributed by atoms with van der Waals surface area (Å²) in [6.45, 7) is 4.91. The standard InChI is InChI=1S/C17H23NO4S/c1-12(2)23-14-7-5-4-6-13(14)15(19)18-9-8-17(10-18,11-22-3)16(20)21/h4-7,12H,8-11H2,1-3H3,(H,20,21). The smallest absolute Gasteiger partial charge is 0.313 e. The number of likely N-dealkylation sites (tertiary alicyclic amines) is 1. The van der Waals surface area contributed by atoms with Crippen LogP contribution in [-0.4, -0.2) is 53.9 Å². The van der Waals surface area contributed by atoms with Crippen molar-refractivity contribution < 1.29 is 19.4 Å². The zero-order valence-electron chi connectivity index (χ0n) is 13.7. The summed E-state index contributed by atoms with van der Waals surface area (Å²) in [7, 11) is 1.49. The van der Waals surface area contributed by atoms with Crippen molar-refractivity contribution in [3.63, 3.8) is 0 Å². The van der Waals surface area contributed by atoms with Crippen molar-refractivity contribution in [2.24, 2.45) is 5.41 Å². The van der Waals surface area contributed by atoms with Gasteiger partial charge in [0.25, 0.3) is 5.91 Å². The van der Waals surface area contributed by atoms with Crippen LogP contribution in [0.1, 0.15) is 30.6 Å². The zero-order valence-corrected chi connectivity index (χ0v) is 14.6. The van der Waals surface area contributed by atoms with E-state index in [-0.39, 0.29) is 19.1 Å². The van der Waals surface area contributed by atoms with E-state index in [1.165, 1.54) is 7.11 Å². The van der Waals surface area contributed by atoms with Gasteiger partial charge in [-0.3, -0.25) is 9.59 Å². The molecule has 1 aromatic rings. The Morgan fingerprint density at radius 1 is 1.39 bits per heavy atom. The molecule has 0 spiro atoms. The molecule has 5 nitrogen and oxygen atoms in total. The van der Waals surface area contributed by atoms with Crippen molar-refractivity contribution in [2.45, 2.75) is 30.4 Å². The molecular formula is C17H23NO4S. The van der Waals surface area contributed by atoms with Gasteiger partial charge in [-0.2, -0.15) is 0 Å². The molecular weight excluding hydrogens is 314 g/mol. The first kappa shape index (κ1) is 17.8. The first-order chi connectivity index (χ1) is 10.9. The summed E-state index contributed by atoms with van der Waals surface area (Å²) in [4.78, 5) is 27.0. The fourth-order valence-corrected chi connectivity index (χ4v) is 3.79. The van der Waals surface area contributed by atoms with E-state index in [1.807, 2.05) is 24.3 Å². The van der Waals surface area contributed by atoms with Crippen LogP contribution >= 0.6 is 11.8 Å². The normalized spacial score (nSPS) is 21.0. The minimum atomic E-state index is -0.995. The molecule has 1 heterocycles. The summed E-state index contributed by atoms with van der Waals surface area (Å²) in [5, 5.41) is 9.89. The summed E-state index contributed by atoms with van der Waals surface area (Å²) >= 11 is 1.64. The first-order valence-electron chi connectivity index (χ1n) is 7.67. The predicted octanol–water partition coefficient (Wildman–Crippen LogP) is 2.75. The topological polar surface area (TPSA) is 66.8 Å². The number of carbonyl (C=O) groups is 2. The lowest BCUT2D eigenvalue weighted by Crippen LogP contribution is -2.40. The van der Waals surface area contributed by atoms with Gasteiger partial charge in [0.1, 0.15) is 5.41 Å². The van der Waals surface area contributed by atoms with Gasteiger partial charge in [-0.1, -0.05) is 26.0 Å². The average molecular weight is 337 g/mol. The van der Waals surface area contributed by atoms with Gasteiger partial charge >= 0.3 is 5.97 Å². The van der Waals surface area contributed by atoms with E-state index in [0.717, 1.165) is 4.90 Å². The second kappa shape index (κ2) is 7.36. The Hall–Kier alpha value is -1.53. The van der Waals surface area contributed by atoms with Crippen LogP contribution in [0.25, 0.3) is 0 Å². The molecule has 0 aliphatic carbocycles. The average Bonchev–Trinajstić information content (AvgIpc) is 2.92. The molecule has 0 aromatic heterocycles. The Balaban J connectivity index is 2.21. The van der Waals surface area contributed by atoms with Crippen molar-refractivity contribution in [3.8, 4) is 0 Å². The first-order valence-corrected chi connectivity index (χ1v) is 8.55. The molecule has 1 aromatic carbocycles. The van der Waals surface area contributed by atoms with Crippen molar-refractivity contribution >= 4 is 23.6 Å². The number of thioether (sulfide) groups is 1. The molecule has 1 unspecified atom stereocenters. The number of aliphatic carboxylic acids is 1. The highest BCUT2D eigenvalue weighted by Gasteiger charge is 2.46. The molecule has 1 amide bonds. The molecule has 1 fully saturated rings. The maximum Gasteiger partial charge on any atom is 0.313 e. The van der Waals surface area contributed by atoms with E-state index in [2.05, 4.69) is 13.8 Å². The third-order valence-corrected chi connectivity index (χ3v) is 5.08. The minimum absolute atomic E-state index is 0.104. The SMILES string of the molecule is COCC1(C(=O)O)CCN(C(=O)c2ccccc2SC(C)C)C1. The Kier molecular flexibility index (Phi) is 5.70. The van der Waals surface area contributed by atoms with E-state index >= 15 is 0 Å². The minimum Gasteiger partial charge on any atom is -0.481 e. The van der Waals surface area contributed by atoms with Crippen molar-refractivity contribution in [3.05, 3.63) is 29.8 Å². The number of amides is 1. The second-order valence-corrected chi connectivity index (χ2v) is 7.78. The predicted molar refractivity (Wildman–Crippen MR) is 89.9 cm³/mol. The maximum absolute atomic E-state index is 12.8. The molecule has 1 aliphatic heterocycles. The molecule has 0 saturated carbocycles. The number of methoxy groups -OCH3 is 1. The molecule has 1 aliphatic rings. The lowest BCUT2D eigenvalue weighted by molar-refractivity contribution is -0.151. The number of carboxylic acids is 1. The number of carbonyl (C=O) groups excluding carboxylic acids is 1. The summed E-state index contributed by atoms with van der Waals surface area (Å²) in [6, 6.07) is 7.50. The van der Waals surface area contributed by atoms with Gasteiger partial charge in [0.2, 0.25) is 0 Å². The number of carboxylic acid groups (broad SMARTS) is 1. The van der Waals surface area contributed by atoms with Crippen LogP contribution in [0.5, 0.6) is 0 Å². The summed E-state index contributed by atoms with van der Waals surface area (Å²) in [5.41, 5.74) is -0.352. The molecule has 0 radical (unpaired) electrons. The van der Waals surface area contributed by atoms with Gasteiger partial charge in [-0.15, -0.1) is 11.8 Å². The fourth-order valence-electron chi connectivity index (χ4n) is 2.85.